The number of halogens is 11. The molecule has 0 bridgehead atoms. The average Bonchev–Trinajstić information content (AvgIpc) is 1.63. The molecule has 17 N–H and O–H groups in total. The van der Waals surface area contributed by atoms with E-state index in [1.165, 1.54) is 28.1 Å². The fourth-order valence-corrected chi connectivity index (χ4v) is 18.9. The number of hydrogen-bond donors (Lipinski definition) is 12. The molecule has 138 heavy (non-hydrogen) atoms. The van der Waals surface area contributed by atoms with Crippen LogP contribution in [0.1, 0.15) is 105 Å². The van der Waals surface area contributed by atoms with Crippen LogP contribution in [0, 0.1) is 15.3 Å². The van der Waals surface area contributed by atoms with Crippen molar-refractivity contribution in [2.75, 3.05) is 82.1 Å². The summed E-state index contributed by atoms with van der Waals surface area (Å²) in [5, 5.41) is 69.4. The number of anilines is 5. The number of fused-ring (bicyclic) bond motifs is 8. The first kappa shape index (κ1) is 107. The van der Waals surface area contributed by atoms with Crippen molar-refractivity contribution < 1.29 is 123 Å². The molecule has 0 radical (unpaired) electrons. The monoisotopic (exact) mass is 2470 g/mol. The van der Waals surface area contributed by atoms with Crippen LogP contribution in [0.4, 0.5) is 55.4 Å². The zero-order valence-corrected chi connectivity index (χ0v) is 89.1. The van der Waals surface area contributed by atoms with Gasteiger partial charge in [0.2, 0.25) is 0 Å². The molecule has 18 heterocycles. The van der Waals surface area contributed by atoms with Crippen LogP contribution < -0.4 is 28.7 Å². The van der Waals surface area contributed by atoms with Gasteiger partial charge in [-0.2, -0.15) is 37.4 Å². The second-order valence-corrected chi connectivity index (χ2v) is 58.5. The molecular formula is C79H106ClF6I4N25O20Si3. The molecule has 19 rings (SSSR count). The smallest absolute Gasteiger partial charge is 0.414 e. The van der Waals surface area contributed by atoms with Crippen LogP contribution in [0.25, 0.3) is 67.2 Å². The van der Waals surface area contributed by atoms with E-state index in [1.54, 1.807) is 21.8 Å². The van der Waals surface area contributed by atoms with Gasteiger partial charge in [0.05, 0.1) is 75.8 Å². The Kier molecular flexibility index (Phi) is 32.4. The number of hydrogen-bond acceptors (Lipinski definition) is 40. The molecule has 59 heteroatoms. The minimum Gasteiger partial charge on any atom is -0.414 e. The van der Waals surface area contributed by atoms with Crippen LogP contribution in [0.5, 0.6) is 0 Å². The van der Waals surface area contributed by atoms with Crippen LogP contribution in [0.15, 0.2) is 49.8 Å². The summed E-state index contributed by atoms with van der Waals surface area (Å²) in [6, 6.07) is 1.03. The number of imidazole rings is 5. The summed E-state index contributed by atoms with van der Waals surface area (Å²) in [5.41, 5.74) is 29.8. The van der Waals surface area contributed by atoms with Crippen LogP contribution in [0.3, 0.4) is 0 Å². The van der Waals surface area contributed by atoms with Gasteiger partial charge in [-0.25, -0.2) is 74.8 Å². The molecule has 11 aromatic rings. The Morgan fingerprint density at radius 3 is 0.928 bits per heavy atom. The van der Waals surface area contributed by atoms with Gasteiger partial charge in [-0.3, -0.25) is 22.8 Å². The van der Waals surface area contributed by atoms with Crippen molar-refractivity contribution in [2.24, 2.45) is 0 Å². The van der Waals surface area contributed by atoms with Crippen molar-refractivity contribution in [3.05, 3.63) is 76.3 Å². The summed E-state index contributed by atoms with van der Waals surface area (Å²) in [7, 11) is -5.28. The van der Waals surface area contributed by atoms with E-state index in [9.17, 15) is 57.0 Å². The summed E-state index contributed by atoms with van der Waals surface area (Å²) in [5.74, 6) is 0.421. The van der Waals surface area contributed by atoms with E-state index < -0.39 is 158 Å². The lowest BCUT2D eigenvalue weighted by Gasteiger charge is -2.37. The van der Waals surface area contributed by atoms with Gasteiger partial charge in [-0.05, 0) is 59.5 Å². The van der Waals surface area contributed by atoms with E-state index >= 15 is 0 Å². The van der Waals surface area contributed by atoms with Crippen molar-refractivity contribution in [2.45, 2.75) is 252 Å². The Morgan fingerprint density at radius 2 is 0.630 bits per heavy atom. The van der Waals surface area contributed by atoms with Crippen LogP contribution in [0.2, 0.25) is 54.4 Å². The third kappa shape index (κ3) is 22.4. The lowest BCUT2D eigenvalue weighted by Crippen LogP contribution is -2.44. The van der Waals surface area contributed by atoms with E-state index in [0.29, 0.717) is 95.4 Å². The highest BCUT2D eigenvalue weighted by Gasteiger charge is 2.56. The lowest BCUT2D eigenvalue weighted by molar-refractivity contribution is -0.143. The Labute approximate surface area is 845 Å². The Bertz CT molecular complexity index is 6140. The fourth-order valence-electron chi connectivity index (χ4n) is 14.9. The van der Waals surface area contributed by atoms with Crippen molar-refractivity contribution in [3.8, 4) is 11.4 Å². The molecule has 0 unspecified atom stereocenters. The highest BCUT2D eigenvalue weighted by Crippen LogP contribution is 2.48. The van der Waals surface area contributed by atoms with Gasteiger partial charge in [0.25, 0.3) is 0 Å². The summed E-state index contributed by atoms with van der Waals surface area (Å²) >= 11 is 14.1. The number of aromatic nitrogens is 20. The van der Waals surface area contributed by atoms with Gasteiger partial charge in [-0.1, -0.05) is 75.4 Å². The van der Waals surface area contributed by atoms with Crippen LogP contribution in [-0.4, -0.2) is 302 Å². The van der Waals surface area contributed by atoms with Crippen molar-refractivity contribution in [3.63, 3.8) is 0 Å². The van der Waals surface area contributed by atoms with Crippen molar-refractivity contribution in [1.82, 2.24) is 97.6 Å². The van der Waals surface area contributed by atoms with Gasteiger partial charge >= 0.3 is 12.4 Å². The molecule has 0 spiro atoms. The molecular weight excluding hydrogens is 2360 g/mol. The Hall–Kier alpha value is -6.39. The van der Waals surface area contributed by atoms with Crippen LogP contribution in [-0.2, 0) is 73.3 Å². The lowest BCUT2D eigenvalue weighted by atomic mass is 10.0. The molecule has 8 aliphatic rings. The molecule has 45 nitrogen and oxygen atoms in total. The zero-order chi connectivity index (χ0) is 101. The minimum absolute atomic E-state index is 0.00805. The number of nitrogens with two attached hydrogens (primary N) is 5. The average molecular weight is 2470 g/mol. The summed E-state index contributed by atoms with van der Waals surface area (Å²) in [6.07, 6.45) is -15.9. The molecule has 0 saturated carbocycles. The predicted molar refractivity (Wildman–Crippen MR) is 523 cm³/mol. The first-order valence-corrected chi connectivity index (χ1v) is 57.0. The summed E-state index contributed by atoms with van der Waals surface area (Å²) < 4.78 is 165. The second kappa shape index (κ2) is 41.6. The molecule has 1 aromatic carbocycles. The Morgan fingerprint density at radius 1 is 0.370 bits per heavy atom. The number of rotatable bonds is 15. The first-order chi connectivity index (χ1) is 64.4. The quantitative estimate of drug-likeness (QED) is 0.0150. The molecule has 0 amide bonds. The molecule has 0 aliphatic carbocycles. The first-order valence-electron chi connectivity index (χ1n) is 42.8. The van der Waals surface area contributed by atoms with Gasteiger partial charge in [0.15, 0.2) is 134 Å². The number of aliphatic hydroxyl groups is 7. The standard InChI is InChI=1S/C19H15F6N5O4.C17H26IN5O4Si.C16H26IN5O4Si.C11H12IN5O4.C10H12IN5O4.C6H15ClSi/c20-18(21,22)8-1-7(2-9(3-8)19(23,24)25)15-28-14(26)11-16(29-15)30(5-27-11)17-13-12(32-6-33-13)10(4-31)34-17;1-17(2,3)28(4,5)26-6-9-11-12(25-8-24-11)15(27-9)23-7-20-10-13(19)21-16(18)22-14(10)23;1-16(2,3)27(4,5)25-6-8-10(23)11(24)14(26-8)22-7-19-9-12(18)20-15(17)21-13(9)22;12-11-15-8(13)5-9(16-11)17(2-14-5)10-7-6(19-3-20-7)4(1-18)21-10;11-10-14-7(12)4-8(15-10)16(2-13-4)9-6(19)5(18)3(1-17)20-9;1-6(2,3)8(4,5)7/h1-3,5,10,12-13,17,31H,4,6H2,(H2,26,28,29);7,9,11-12,15H,6,8H2,1-5H3,(H2,19,21,22);7-8,10-11,14,23-24H,6H2,1-5H3,(H2,18,20,21);2,4,6-7,10,18H,1,3H2,(H2,13,15,16);2-3,5-6,9,17-19H,1H2,(H2,12,14,15);1-5H3/t10-,12-,13-,17-;9-,11-,12-,15-;8-,10-,11-,14-;4-,6-,7-,10-;3-,5-,6-,9-;/m11111./s1. The van der Waals surface area contributed by atoms with Crippen molar-refractivity contribution in [1.29, 1.82) is 0 Å². The minimum atomic E-state index is -5.04. The largest absolute Gasteiger partial charge is 0.416 e. The second-order valence-electron chi connectivity index (χ2n) is 37.7. The number of alkyl halides is 6. The van der Waals surface area contributed by atoms with Gasteiger partial charge in [-0.15, -0.1) is 0 Å². The number of aliphatic hydroxyl groups excluding tert-OH is 7. The molecule has 10 aromatic heterocycles. The molecule has 8 fully saturated rings. The van der Waals surface area contributed by atoms with E-state index in [2.05, 4.69) is 176 Å². The SMILES string of the molecule is CC(C)(C)[Si](C)(C)Cl.CC(C)(C)[Si](C)(C)OC[C@H]1O[C@@H](n2cnc3c(N)nc(I)nc32)[C@@H]2OCO[C@@H]21.CC(C)(C)[Si](C)(C)OC[C@H]1O[C@@H](n2cnc3c(N)nc(I)nc32)[C@H](O)[C@@H]1O.Nc1nc(-c2cc(C(F)(F)F)cc(C(F)(F)F)c2)nc2c1ncn2[C@@H]1O[C@H](CO)[C@H]2OCO[C@H]21.Nc1nc(I)nc2c1ncn2[C@@H]1O[C@H](CO)[C@@H](O)[C@H]1O.Nc1nc(I)nc2c1ncn2[C@@H]1O[C@H](CO)[C@H]2OCO[C@H]21. The molecule has 756 valence electrons. The van der Waals surface area contributed by atoms with Crippen LogP contribution >= 0.6 is 101 Å². The highest BCUT2D eigenvalue weighted by atomic mass is 127. The van der Waals surface area contributed by atoms with E-state index in [-0.39, 0.29) is 115 Å². The Balaban J connectivity index is 0.000000136. The number of ether oxygens (including phenoxy) is 11. The molecule has 8 saturated heterocycles. The zero-order valence-electron chi connectivity index (χ0n) is 76.7. The topological polar surface area (TPSA) is 610 Å². The van der Waals surface area contributed by atoms with Gasteiger partial charge in [0.1, 0.15) is 140 Å². The maximum atomic E-state index is 13.3. The van der Waals surface area contributed by atoms with E-state index in [1.807, 2.05) is 94.9 Å². The number of benzene rings is 1. The maximum Gasteiger partial charge on any atom is 0.416 e. The predicted octanol–water partition coefficient (Wildman–Crippen LogP) is 8.57. The van der Waals surface area contributed by atoms with Crippen molar-refractivity contribution >= 4 is 210 Å². The van der Waals surface area contributed by atoms with E-state index in [0.717, 1.165) is 0 Å². The fraction of sp³-hybridized carbons (Fsp3) is 0.608. The highest BCUT2D eigenvalue weighted by molar-refractivity contribution is 14.1. The summed E-state index contributed by atoms with van der Waals surface area (Å²) in [6.45, 7) is 32.9. The maximum absolute atomic E-state index is 13.3. The normalized spacial score (nSPS) is 27.3. The number of nitrogens with zero attached hydrogens (tertiary/aromatic N) is 20. The molecule has 20 atom stereocenters. The molecule has 8 aliphatic heterocycles. The number of nitrogen functional groups attached to an aromatic ring is 5. The van der Waals surface area contributed by atoms with Gasteiger partial charge in [0, 0.05) is 95.9 Å². The third-order valence-corrected chi connectivity index (χ3v) is 41.8. The third-order valence-electron chi connectivity index (χ3n) is 25.6. The van der Waals surface area contributed by atoms with E-state index in [4.69, 9.17) is 106 Å². The summed E-state index contributed by atoms with van der Waals surface area (Å²) in [4.78, 5) is 62.8. The van der Waals surface area contributed by atoms with Gasteiger partial charge < -0.3 is 125 Å².